The molecule has 0 aliphatic carbocycles. The zero-order chi connectivity index (χ0) is 9.40. The number of alkyl halides is 1. The normalized spacial score (nSPS) is 13.8. The molecule has 0 aliphatic heterocycles. The number of aliphatic hydroxyl groups is 1. The summed E-state index contributed by atoms with van der Waals surface area (Å²) >= 11 is 3.22. The van der Waals surface area contributed by atoms with E-state index in [1.807, 2.05) is 7.05 Å². The molecule has 0 saturated carbocycles. The van der Waals surface area contributed by atoms with Gasteiger partial charge in [-0.05, 0) is 13.5 Å². The molecule has 1 N–H and O–H groups in total. The van der Waals surface area contributed by atoms with Crippen LogP contribution in [0.1, 0.15) is 6.42 Å². The summed E-state index contributed by atoms with van der Waals surface area (Å²) in [6.07, 6.45) is 0.750. The van der Waals surface area contributed by atoms with E-state index in [0.717, 1.165) is 26.1 Å². The molecule has 0 aromatic carbocycles. The first-order valence-electron chi connectivity index (χ1n) is 4.12. The molecular formula is C8H18BrNO2. The van der Waals surface area contributed by atoms with Gasteiger partial charge in [0.25, 0.3) is 0 Å². The number of rotatable bonds is 7. The molecule has 0 radical (unpaired) electrons. The van der Waals surface area contributed by atoms with Gasteiger partial charge in [0, 0.05) is 32.1 Å². The summed E-state index contributed by atoms with van der Waals surface area (Å²) in [5.74, 6) is 0. The molecule has 4 heteroatoms. The highest BCUT2D eigenvalue weighted by Crippen LogP contribution is 1.95. The van der Waals surface area contributed by atoms with Crippen molar-refractivity contribution in [3.8, 4) is 0 Å². The van der Waals surface area contributed by atoms with Crippen molar-refractivity contribution in [1.29, 1.82) is 0 Å². The largest absolute Gasteiger partial charge is 0.391 e. The molecule has 0 aromatic heterocycles. The van der Waals surface area contributed by atoms with Gasteiger partial charge < -0.3 is 14.7 Å². The van der Waals surface area contributed by atoms with Crippen LogP contribution >= 0.6 is 15.9 Å². The zero-order valence-electron chi connectivity index (χ0n) is 7.79. The van der Waals surface area contributed by atoms with E-state index in [0.29, 0.717) is 5.33 Å². The predicted molar refractivity (Wildman–Crippen MR) is 53.8 cm³/mol. The smallest absolute Gasteiger partial charge is 0.0763 e. The average Bonchev–Trinajstić information content (AvgIpc) is 2.05. The minimum absolute atomic E-state index is 0.266. The molecule has 0 spiro atoms. The van der Waals surface area contributed by atoms with Gasteiger partial charge in [0.2, 0.25) is 0 Å². The van der Waals surface area contributed by atoms with Crippen molar-refractivity contribution < 1.29 is 9.84 Å². The number of likely N-dealkylation sites (N-methyl/N-ethyl adjacent to an activating group) is 1. The highest BCUT2D eigenvalue weighted by atomic mass is 79.9. The van der Waals surface area contributed by atoms with E-state index in [2.05, 4.69) is 20.8 Å². The quantitative estimate of drug-likeness (QED) is 0.525. The molecule has 12 heavy (non-hydrogen) atoms. The average molecular weight is 240 g/mol. The van der Waals surface area contributed by atoms with Crippen molar-refractivity contribution in [2.24, 2.45) is 0 Å². The fourth-order valence-electron chi connectivity index (χ4n) is 0.979. The van der Waals surface area contributed by atoms with Gasteiger partial charge in [-0.1, -0.05) is 15.9 Å². The summed E-state index contributed by atoms with van der Waals surface area (Å²) < 4.78 is 4.93. The number of hydrogen-bond acceptors (Lipinski definition) is 3. The minimum Gasteiger partial charge on any atom is -0.391 e. The molecule has 0 saturated heterocycles. The van der Waals surface area contributed by atoms with Crippen LogP contribution in [-0.4, -0.2) is 55.3 Å². The number of hydrogen-bond donors (Lipinski definition) is 1. The number of methoxy groups -OCH3 is 1. The van der Waals surface area contributed by atoms with E-state index >= 15 is 0 Å². The Morgan fingerprint density at radius 3 is 2.75 bits per heavy atom. The number of halogens is 1. The van der Waals surface area contributed by atoms with Crippen LogP contribution in [0, 0.1) is 0 Å². The minimum atomic E-state index is -0.266. The van der Waals surface area contributed by atoms with Crippen LogP contribution in [0.4, 0.5) is 0 Å². The zero-order valence-corrected chi connectivity index (χ0v) is 9.38. The van der Waals surface area contributed by atoms with Gasteiger partial charge in [0.05, 0.1) is 6.10 Å². The van der Waals surface area contributed by atoms with Crippen molar-refractivity contribution in [3.63, 3.8) is 0 Å². The second-order valence-corrected chi connectivity index (χ2v) is 3.56. The van der Waals surface area contributed by atoms with Gasteiger partial charge in [-0.25, -0.2) is 0 Å². The van der Waals surface area contributed by atoms with Gasteiger partial charge in [0.1, 0.15) is 0 Å². The summed E-state index contributed by atoms with van der Waals surface area (Å²) in [6.45, 7) is 2.47. The van der Waals surface area contributed by atoms with Crippen molar-refractivity contribution in [2.45, 2.75) is 12.5 Å². The van der Waals surface area contributed by atoms with Crippen LogP contribution in [0.3, 0.4) is 0 Å². The molecule has 1 atom stereocenters. The van der Waals surface area contributed by atoms with E-state index in [4.69, 9.17) is 4.74 Å². The molecule has 0 aromatic rings. The van der Waals surface area contributed by atoms with E-state index in [1.165, 1.54) is 0 Å². The molecular weight excluding hydrogens is 222 g/mol. The Morgan fingerprint density at radius 1 is 1.58 bits per heavy atom. The first-order valence-corrected chi connectivity index (χ1v) is 5.24. The summed E-state index contributed by atoms with van der Waals surface area (Å²) in [4.78, 5) is 2.10. The van der Waals surface area contributed by atoms with E-state index in [1.54, 1.807) is 7.11 Å². The molecule has 0 rings (SSSR count). The highest BCUT2D eigenvalue weighted by molar-refractivity contribution is 9.09. The van der Waals surface area contributed by atoms with Crippen molar-refractivity contribution >= 4 is 15.9 Å². The van der Waals surface area contributed by atoms with Gasteiger partial charge in [-0.3, -0.25) is 0 Å². The van der Waals surface area contributed by atoms with Crippen LogP contribution in [0.25, 0.3) is 0 Å². The van der Waals surface area contributed by atoms with E-state index in [-0.39, 0.29) is 6.10 Å². The molecule has 1 unspecified atom stereocenters. The highest BCUT2D eigenvalue weighted by Gasteiger charge is 2.05. The lowest BCUT2D eigenvalue weighted by atomic mass is 10.3. The maximum atomic E-state index is 9.27. The Labute approximate surface area is 82.8 Å². The second-order valence-electron chi connectivity index (χ2n) is 2.92. The molecule has 0 aliphatic rings. The summed E-state index contributed by atoms with van der Waals surface area (Å²) in [5, 5.41) is 9.91. The fraction of sp³-hybridized carbons (Fsp3) is 1.00. The molecule has 74 valence electrons. The summed E-state index contributed by atoms with van der Waals surface area (Å²) in [7, 11) is 3.70. The van der Waals surface area contributed by atoms with Crippen LogP contribution in [-0.2, 0) is 4.74 Å². The first-order chi connectivity index (χ1) is 5.70. The van der Waals surface area contributed by atoms with Crippen LogP contribution in [0.2, 0.25) is 0 Å². The predicted octanol–water partition coefficient (Wildman–Crippen LogP) is 0.710. The molecule has 0 fully saturated rings. The van der Waals surface area contributed by atoms with E-state index < -0.39 is 0 Å². The molecule has 0 heterocycles. The number of aliphatic hydroxyl groups excluding tert-OH is 1. The molecule has 0 amide bonds. The lowest BCUT2D eigenvalue weighted by molar-refractivity contribution is 0.133. The third-order valence-electron chi connectivity index (χ3n) is 1.59. The summed E-state index contributed by atoms with van der Waals surface area (Å²) in [5.41, 5.74) is 0. The Balaban J connectivity index is 3.26. The second kappa shape index (κ2) is 7.98. The van der Waals surface area contributed by atoms with E-state index in [9.17, 15) is 5.11 Å². The van der Waals surface area contributed by atoms with Gasteiger partial charge >= 0.3 is 0 Å². The van der Waals surface area contributed by atoms with Crippen molar-refractivity contribution in [2.75, 3.05) is 39.2 Å². The van der Waals surface area contributed by atoms with Crippen LogP contribution in [0.15, 0.2) is 0 Å². The van der Waals surface area contributed by atoms with Gasteiger partial charge in [0.15, 0.2) is 0 Å². The fourth-order valence-corrected chi connectivity index (χ4v) is 1.18. The standard InChI is InChI=1S/C8H18BrNO2/c1-10(4-3-5-12-2)7-8(11)6-9/h8,11H,3-7H2,1-2H3. The van der Waals surface area contributed by atoms with Gasteiger partial charge in [-0.2, -0.15) is 0 Å². The van der Waals surface area contributed by atoms with Crippen molar-refractivity contribution in [3.05, 3.63) is 0 Å². The molecule has 3 nitrogen and oxygen atoms in total. The number of ether oxygens (including phenoxy) is 1. The topological polar surface area (TPSA) is 32.7 Å². The van der Waals surface area contributed by atoms with Gasteiger partial charge in [-0.15, -0.1) is 0 Å². The van der Waals surface area contributed by atoms with Crippen LogP contribution < -0.4 is 0 Å². The third kappa shape index (κ3) is 7.03. The molecule has 0 bridgehead atoms. The monoisotopic (exact) mass is 239 g/mol. The maximum absolute atomic E-state index is 9.27. The third-order valence-corrected chi connectivity index (χ3v) is 2.34. The lowest BCUT2D eigenvalue weighted by Gasteiger charge is -2.18. The lowest BCUT2D eigenvalue weighted by Crippen LogP contribution is -2.31. The first kappa shape index (κ1) is 12.4. The SMILES string of the molecule is COCCCN(C)CC(O)CBr. The van der Waals surface area contributed by atoms with Crippen molar-refractivity contribution in [1.82, 2.24) is 4.90 Å². The summed E-state index contributed by atoms with van der Waals surface area (Å²) in [6, 6.07) is 0. The number of nitrogens with zero attached hydrogens (tertiary/aromatic N) is 1. The Bertz CT molecular complexity index is 103. The Kier molecular flexibility index (Phi) is 8.22. The maximum Gasteiger partial charge on any atom is 0.0763 e. The Morgan fingerprint density at radius 2 is 2.25 bits per heavy atom. The Hall–Kier alpha value is 0.360. The van der Waals surface area contributed by atoms with Crippen LogP contribution in [0.5, 0.6) is 0 Å².